The summed E-state index contributed by atoms with van der Waals surface area (Å²) in [6.45, 7) is 4.76. The van der Waals surface area contributed by atoms with Crippen LogP contribution in [0.3, 0.4) is 0 Å². The smallest absolute Gasteiger partial charge is 0.0868 e. The van der Waals surface area contributed by atoms with E-state index in [0.717, 1.165) is 12.1 Å². The van der Waals surface area contributed by atoms with Crippen LogP contribution in [-0.4, -0.2) is 19.0 Å². The summed E-state index contributed by atoms with van der Waals surface area (Å²) in [5.74, 6) is 0. The van der Waals surface area contributed by atoms with Crippen molar-refractivity contribution in [3.63, 3.8) is 0 Å². The molecule has 1 aliphatic rings. The van der Waals surface area contributed by atoms with Gasteiger partial charge in [0.1, 0.15) is 0 Å². The highest BCUT2D eigenvalue weighted by Crippen LogP contribution is 1.97. The van der Waals surface area contributed by atoms with Crippen molar-refractivity contribution in [2.45, 2.75) is 26.4 Å². The lowest BCUT2D eigenvalue weighted by Gasteiger charge is -2.15. The zero-order valence-corrected chi connectivity index (χ0v) is 7.50. The number of rotatable bonds is 4. The molecular formula is C8H15N3O. The van der Waals surface area contributed by atoms with Crippen molar-refractivity contribution in [3.8, 4) is 0 Å². The predicted molar refractivity (Wildman–Crippen MR) is 48.6 cm³/mol. The van der Waals surface area contributed by atoms with Gasteiger partial charge in [0.2, 0.25) is 0 Å². The highest BCUT2D eigenvalue weighted by Gasteiger charge is 2.01. The van der Waals surface area contributed by atoms with Crippen molar-refractivity contribution < 1.29 is 4.84 Å². The lowest BCUT2D eigenvalue weighted by Crippen LogP contribution is -2.25. The minimum absolute atomic E-state index is 0.233. The van der Waals surface area contributed by atoms with Crippen molar-refractivity contribution in [2.24, 2.45) is 4.99 Å². The fourth-order valence-corrected chi connectivity index (χ4v) is 0.702. The third kappa shape index (κ3) is 2.92. The van der Waals surface area contributed by atoms with Gasteiger partial charge >= 0.3 is 0 Å². The van der Waals surface area contributed by atoms with E-state index in [9.17, 15) is 0 Å². The molecule has 0 spiro atoms. The van der Waals surface area contributed by atoms with E-state index < -0.39 is 0 Å². The third-order valence-corrected chi connectivity index (χ3v) is 1.65. The van der Waals surface area contributed by atoms with Crippen molar-refractivity contribution >= 4 is 6.34 Å². The van der Waals surface area contributed by atoms with Crippen LogP contribution in [0.1, 0.15) is 20.3 Å². The number of nitrogens with zero attached hydrogens (tertiary/aromatic N) is 1. The Kier molecular flexibility index (Phi) is 3.60. The summed E-state index contributed by atoms with van der Waals surface area (Å²) >= 11 is 0. The maximum absolute atomic E-state index is 5.30. The van der Waals surface area contributed by atoms with E-state index in [1.807, 2.05) is 13.1 Å². The van der Waals surface area contributed by atoms with E-state index in [2.05, 4.69) is 22.7 Å². The first-order valence-electron chi connectivity index (χ1n) is 4.18. The van der Waals surface area contributed by atoms with Gasteiger partial charge in [-0.3, -0.25) is 15.3 Å². The van der Waals surface area contributed by atoms with Gasteiger partial charge in [-0.05, 0) is 13.3 Å². The van der Waals surface area contributed by atoms with Crippen LogP contribution in [-0.2, 0) is 4.84 Å². The second kappa shape index (κ2) is 4.77. The number of nitrogens with one attached hydrogen (secondary N) is 2. The molecule has 4 nitrogen and oxygen atoms in total. The molecule has 0 radical (unpaired) electrons. The van der Waals surface area contributed by atoms with Crippen molar-refractivity contribution in [3.05, 3.63) is 11.9 Å². The van der Waals surface area contributed by atoms with Crippen molar-refractivity contribution in [1.82, 2.24) is 10.8 Å². The zero-order chi connectivity index (χ0) is 8.81. The summed E-state index contributed by atoms with van der Waals surface area (Å²) in [5, 5.41) is 2.88. The fraction of sp³-hybridized carbons (Fsp3) is 0.625. The average Bonchev–Trinajstić information content (AvgIpc) is 2.16. The largest absolute Gasteiger partial charge is 0.351 e. The van der Waals surface area contributed by atoms with Crippen molar-refractivity contribution in [1.29, 1.82) is 0 Å². The first-order chi connectivity index (χ1) is 5.83. The van der Waals surface area contributed by atoms with Gasteiger partial charge in [-0.15, -0.1) is 0 Å². The quantitative estimate of drug-likeness (QED) is 0.611. The predicted octanol–water partition coefficient (Wildman–Crippen LogP) is 0.779. The Labute approximate surface area is 72.7 Å². The molecule has 0 aromatic carbocycles. The molecule has 0 aliphatic carbocycles. The summed E-state index contributed by atoms with van der Waals surface area (Å²) in [5.41, 5.74) is 3.81. The molecule has 0 aromatic heterocycles. The van der Waals surface area contributed by atoms with Gasteiger partial charge in [0.15, 0.2) is 0 Å². The molecule has 2 N–H and O–H groups in total. The summed E-state index contributed by atoms with van der Waals surface area (Å²) in [6, 6.07) is 0. The molecule has 1 atom stereocenters. The molecule has 0 saturated carbocycles. The van der Waals surface area contributed by atoms with Crippen LogP contribution in [0.15, 0.2) is 16.9 Å². The average molecular weight is 169 g/mol. The highest BCUT2D eigenvalue weighted by atomic mass is 16.7. The van der Waals surface area contributed by atoms with E-state index in [0.29, 0.717) is 6.54 Å². The SMILES string of the molecule is CCC(C)ONC1=CNC=NC1. The van der Waals surface area contributed by atoms with Gasteiger partial charge < -0.3 is 5.32 Å². The molecule has 68 valence electrons. The molecule has 1 heterocycles. The van der Waals surface area contributed by atoms with Crippen molar-refractivity contribution in [2.75, 3.05) is 6.54 Å². The van der Waals surface area contributed by atoms with Crippen LogP contribution in [0.2, 0.25) is 0 Å². The molecule has 1 unspecified atom stereocenters. The second-order valence-electron chi connectivity index (χ2n) is 2.74. The summed E-state index contributed by atoms with van der Waals surface area (Å²) in [7, 11) is 0. The molecule has 0 fully saturated rings. The van der Waals surface area contributed by atoms with E-state index in [1.54, 1.807) is 6.34 Å². The second-order valence-corrected chi connectivity index (χ2v) is 2.74. The minimum atomic E-state index is 0.233. The molecule has 0 saturated heterocycles. The normalized spacial score (nSPS) is 18.0. The Morgan fingerprint density at radius 3 is 3.25 bits per heavy atom. The third-order valence-electron chi connectivity index (χ3n) is 1.65. The standard InChI is InChI=1S/C8H15N3O/c1-3-7(2)12-11-8-4-9-6-10-5-8/h4,6-7,11H,3,5H2,1-2H3,(H,9,10). The minimum Gasteiger partial charge on any atom is -0.351 e. The first-order valence-corrected chi connectivity index (χ1v) is 4.18. The molecule has 12 heavy (non-hydrogen) atoms. The lowest BCUT2D eigenvalue weighted by molar-refractivity contribution is 0.000548. The van der Waals surface area contributed by atoms with E-state index in [-0.39, 0.29) is 6.10 Å². The first kappa shape index (κ1) is 9.06. The van der Waals surface area contributed by atoms with Crippen LogP contribution >= 0.6 is 0 Å². The van der Waals surface area contributed by atoms with Gasteiger partial charge in [0.25, 0.3) is 0 Å². The van der Waals surface area contributed by atoms with Crippen LogP contribution in [0, 0.1) is 0 Å². The monoisotopic (exact) mass is 169 g/mol. The van der Waals surface area contributed by atoms with E-state index in [4.69, 9.17) is 4.84 Å². The van der Waals surface area contributed by atoms with Gasteiger partial charge in [-0.1, -0.05) is 6.92 Å². The highest BCUT2D eigenvalue weighted by molar-refractivity contribution is 5.57. The Bertz CT molecular complexity index is 189. The molecule has 0 amide bonds. The van der Waals surface area contributed by atoms with Gasteiger partial charge in [0.05, 0.1) is 24.7 Å². The molecule has 0 bridgehead atoms. The lowest BCUT2D eigenvalue weighted by atomic mass is 10.3. The van der Waals surface area contributed by atoms with Crippen LogP contribution in [0.4, 0.5) is 0 Å². The van der Waals surface area contributed by atoms with Gasteiger partial charge in [0, 0.05) is 6.20 Å². The Morgan fingerprint density at radius 1 is 1.83 bits per heavy atom. The number of hydroxylamine groups is 1. The summed E-state index contributed by atoms with van der Waals surface area (Å²) in [6.07, 6.45) is 4.73. The Morgan fingerprint density at radius 2 is 2.67 bits per heavy atom. The van der Waals surface area contributed by atoms with Crippen LogP contribution < -0.4 is 10.8 Å². The van der Waals surface area contributed by atoms with E-state index in [1.165, 1.54) is 0 Å². The van der Waals surface area contributed by atoms with Crippen LogP contribution in [0.5, 0.6) is 0 Å². The topological polar surface area (TPSA) is 45.6 Å². The van der Waals surface area contributed by atoms with Gasteiger partial charge in [-0.25, -0.2) is 0 Å². The summed E-state index contributed by atoms with van der Waals surface area (Å²) in [4.78, 5) is 9.31. The Hall–Kier alpha value is -1.03. The molecule has 4 heteroatoms. The summed E-state index contributed by atoms with van der Waals surface area (Å²) < 4.78 is 0. The fourth-order valence-electron chi connectivity index (χ4n) is 0.702. The molecule has 1 rings (SSSR count). The number of hydrogen-bond donors (Lipinski definition) is 2. The Balaban J connectivity index is 2.18. The number of hydrogen-bond acceptors (Lipinski definition) is 4. The molecule has 0 aromatic rings. The molecular weight excluding hydrogens is 154 g/mol. The maximum Gasteiger partial charge on any atom is 0.0868 e. The van der Waals surface area contributed by atoms with E-state index >= 15 is 0 Å². The zero-order valence-electron chi connectivity index (χ0n) is 7.50. The number of aliphatic imine (C=N–C) groups is 1. The van der Waals surface area contributed by atoms with Gasteiger partial charge in [-0.2, -0.15) is 0 Å². The van der Waals surface area contributed by atoms with Crippen LogP contribution in [0.25, 0.3) is 0 Å². The maximum atomic E-state index is 5.30. The molecule has 1 aliphatic heterocycles.